The molecular formula is C9H14BrN. The van der Waals surface area contributed by atoms with E-state index in [0.29, 0.717) is 5.92 Å². The zero-order valence-corrected chi connectivity index (χ0v) is 8.52. The molecule has 0 radical (unpaired) electrons. The van der Waals surface area contributed by atoms with Crippen LogP contribution in [-0.4, -0.2) is 4.32 Å². The van der Waals surface area contributed by atoms with Gasteiger partial charge in [0.2, 0.25) is 0 Å². The van der Waals surface area contributed by atoms with Gasteiger partial charge in [-0.3, -0.25) is 0 Å². The molecule has 0 aromatic rings. The van der Waals surface area contributed by atoms with Gasteiger partial charge in [-0.2, -0.15) is 5.26 Å². The maximum absolute atomic E-state index is 8.95. The second-order valence-electron chi connectivity index (χ2n) is 3.33. The van der Waals surface area contributed by atoms with E-state index in [0.717, 1.165) is 12.8 Å². The lowest BCUT2D eigenvalue weighted by molar-refractivity contribution is 0.318. The van der Waals surface area contributed by atoms with Crippen LogP contribution in [0.3, 0.4) is 0 Å². The second kappa shape index (κ2) is 3.58. The fourth-order valence-corrected chi connectivity index (χ4v) is 2.71. The Morgan fingerprint density at radius 3 is 2.82 bits per heavy atom. The van der Waals surface area contributed by atoms with E-state index in [1.54, 1.807) is 0 Å². The highest BCUT2D eigenvalue weighted by atomic mass is 79.9. The fraction of sp³-hybridized carbons (Fsp3) is 0.889. The highest BCUT2D eigenvalue weighted by Gasteiger charge is 2.37. The molecule has 0 bridgehead atoms. The molecule has 0 aromatic heterocycles. The van der Waals surface area contributed by atoms with E-state index >= 15 is 0 Å². The largest absolute Gasteiger partial charge is 0.197 e. The maximum atomic E-state index is 8.95. The summed E-state index contributed by atoms with van der Waals surface area (Å²) in [5.41, 5.74) is 0. The van der Waals surface area contributed by atoms with Crippen molar-refractivity contribution in [3.05, 3.63) is 0 Å². The van der Waals surface area contributed by atoms with Crippen LogP contribution >= 0.6 is 15.9 Å². The van der Waals surface area contributed by atoms with Crippen LogP contribution in [0.2, 0.25) is 0 Å². The first-order valence-corrected chi connectivity index (χ1v) is 5.12. The Hall–Kier alpha value is -0.0300. The van der Waals surface area contributed by atoms with Crippen molar-refractivity contribution in [2.24, 2.45) is 5.92 Å². The van der Waals surface area contributed by atoms with Crippen molar-refractivity contribution in [2.45, 2.75) is 43.4 Å². The molecule has 1 aliphatic carbocycles. The Morgan fingerprint density at radius 1 is 1.64 bits per heavy atom. The first-order valence-electron chi connectivity index (χ1n) is 4.33. The molecule has 2 heteroatoms. The summed E-state index contributed by atoms with van der Waals surface area (Å²) in [6.07, 6.45) is 5.87. The maximum Gasteiger partial charge on any atom is 0.115 e. The van der Waals surface area contributed by atoms with Crippen LogP contribution in [0.25, 0.3) is 0 Å². The minimum Gasteiger partial charge on any atom is -0.197 e. The number of rotatable bonds is 1. The van der Waals surface area contributed by atoms with Crippen molar-refractivity contribution in [1.82, 2.24) is 0 Å². The van der Waals surface area contributed by atoms with Crippen molar-refractivity contribution >= 4 is 15.9 Å². The minimum atomic E-state index is -0.194. The first-order chi connectivity index (χ1) is 5.23. The molecule has 0 saturated heterocycles. The molecule has 11 heavy (non-hydrogen) atoms. The average Bonchev–Trinajstić information content (AvgIpc) is 2.05. The van der Waals surface area contributed by atoms with Crippen LogP contribution in [0.1, 0.15) is 39.0 Å². The standard InChI is InChI=1S/C9H14BrN/c1-2-8-5-3-4-6-9(8,10)7-11/h8H,2-6H2,1H3. The molecule has 2 atom stereocenters. The van der Waals surface area contributed by atoms with Gasteiger partial charge in [-0.25, -0.2) is 0 Å². The predicted molar refractivity (Wildman–Crippen MR) is 49.5 cm³/mol. The van der Waals surface area contributed by atoms with Crippen molar-refractivity contribution in [2.75, 3.05) is 0 Å². The van der Waals surface area contributed by atoms with Crippen LogP contribution in [-0.2, 0) is 0 Å². The monoisotopic (exact) mass is 215 g/mol. The quantitative estimate of drug-likeness (QED) is 0.617. The number of hydrogen-bond donors (Lipinski definition) is 0. The zero-order chi connectivity index (χ0) is 8.32. The van der Waals surface area contributed by atoms with Crippen molar-refractivity contribution in [3.63, 3.8) is 0 Å². The summed E-state index contributed by atoms with van der Waals surface area (Å²) < 4.78 is -0.194. The molecule has 1 saturated carbocycles. The Balaban J connectivity index is 2.67. The Kier molecular flexibility index (Phi) is 2.95. The summed E-state index contributed by atoms with van der Waals surface area (Å²) in [4.78, 5) is 0. The zero-order valence-electron chi connectivity index (χ0n) is 6.94. The molecule has 1 rings (SSSR count). The van der Waals surface area contributed by atoms with E-state index < -0.39 is 0 Å². The van der Waals surface area contributed by atoms with Gasteiger partial charge in [0.05, 0.1) is 6.07 Å². The van der Waals surface area contributed by atoms with E-state index in [-0.39, 0.29) is 4.32 Å². The van der Waals surface area contributed by atoms with Crippen LogP contribution in [0.4, 0.5) is 0 Å². The van der Waals surface area contributed by atoms with Crippen LogP contribution in [0, 0.1) is 17.2 Å². The predicted octanol–water partition coefficient (Wildman–Crippen LogP) is 3.24. The van der Waals surface area contributed by atoms with Gasteiger partial charge >= 0.3 is 0 Å². The number of nitrogens with zero attached hydrogens (tertiary/aromatic N) is 1. The number of hydrogen-bond acceptors (Lipinski definition) is 1. The van der Waals surface area contributed by atoms with Gasteiger partial charge in [0.15, 0.2) is 0 Å². The van der Waals surface area contributed by atoms with E-state index in [1.165, 1.54) is 19.3 Å². The van der Waals surface area contributed by atoms with E-state index in [9.17, 15) is 0 Å². The summed E-state index contributed by atoms with van der Waals surface area (Å²) in [7, 11) is 0. The van der Waals surface area contributed by atoms with Crippen molar-refractivity contribution < 1.29 is 0 Å². The summed E-state index contributed by atoms with van der Waals surface area (Å²) in [5, 5.41) is 8.95. The molecule has 0 N–H and O–H groups in total. The van der Waals surface area contributed by atoms with Crippen molar-refractivity contribution in [1.29, 1.82) is 5.26 Å². The molecule has 0 heterocycles. The Labute approximate surface area is 76.9 Å². The lowest BCUT2D eigenvalue weighted by atomic mass is 9.78. The molecule has 1 aliphatic rings. The summed E-state index contributed by atoms with van der Waals surface area (Å²) >= 11 is 3.56. The van der Waals surface area contributed by atoms with Gasteiger partial charge in [-0.05, 0) is 18.8 Å². The smallest absolute Gasteiger partial charge is 0.115 e. The topological polar surface area (TPSA) is 23.8 Å². The lowest BCUT2D eigenvalue weighted by Crippen LogP contribution is -2.32. The van der Waals surface area contributed by atoms with Crippen molar-refractivity contribution in [3.8, 4) is 6.07 Å². The molecular weight excluding hydrogens is 202 g/mol. The number of halogens is 1. The molecule has 1 nitrogen and oxygen atoms in total. The van der Waals surface area contributed by atoms with Gasteiger partial charge in [0, 0.05) is 0 Å². The van der Waals surface area contributed by atoms with Crippen LogP contribution in [0.5, 0.6) is 0 Å². The van der Waals surface area contributed by atoms with Crippen LogP contribution in [0.15, 0.2) is 0 Å². The summed E-state index contributed by atoms with van der Waals surface area (Å²) in [6.45, 7) is 2.17. The third kappa shape index (κ3) is 1.76. The van der Waals surface area contributed by atoms with Gasteiger partial charge in [-0.15, -0.1) is 0 Å². The van der Waals surface area contributed by atoms with E-state index in [4.69, 9.17) is 5.26 Å². The van der Waals surface area contributed by atoms with Gasteiger partial charge in [0.25, 0.3) is 0 Å². The highest BCUT2D eigenvalue weighted by molar-refractivity contribution is 9.10. The average molecular weight is 216 g/mol. The molecule has 62 valence electrons. The minimum absolute atomic E-state index is 0.194. The molecule has 0 amide bonds. The summed E-state index contributed by atoms with van der Waals surface area (Å²) in [6, 6.07) is 2.40. The molecule has 2 unspecified atom stereocenters. The van der Waals surface area contributed by atoms with E-state index in [1.807, 2.05) is 0 Å². The van der Waals surface area contributed by atoms with E-state index in [2.05, 4.69) is 28.9 Å². The van der Waals surface area contributed by atoms with Gasteiger partial charge in [-0.1, -0.05) is 42.1 Å². The molecule has 0 aromatic carbocycles. The fourth-order valence-electron chi connectivity index (χ4n) is 1.88. The van der Waals surface area contributed by atoms with Gasteiger partial charge in [0.1, 0.15) is 4.32 Å². The number of nitriles is 1. The second-order valence-corrected chi connectivity index (χ2v) is 4.74. The molecule has 0 aliphatic heterocycles. The summed E-state index contributed by atoms with van der Waals surface area (Å²) in [5.74, 6) is 0.571. The first kappa shape index (κ1) is 9.06. The molecule has 0 spiro atoms. The SMILES string of the molecule is CCC1CCCCC1(Br)C#N. The normalized spacial score (nSPS) is 38.1. The van der Waals surface area contributed by atoms with Gasteiger partial charge < -0.3 is 0 Å². The third-order valence-corrected chi connectivity index (χ3v) is 3.89. The highest BCUT2D eigenvalue weighted by Crippen LogP contribution is 2.41. The van der Waals surface area contributed by atoms with Crippen LogP contribution < -0.4 is 0 Å². The Morgan fingerprint density at radius 2 is 2.36 bits per heavy atom. The molecule has 1 fully saturated rings. The Bertz CT molecular complexity index is 173. The number of alkyl halides is 1. The lowest BCUT2D eigenvalue weighted by Gasteiger charge is -2.33. The third-order valence-electron chi connectivity index (χ3n) is 2.67.